The van der Waals surface area contributed by atoms with Crippen LogP contribution in [-0.4, -0.2) is 28.6 Å². The molecule has 8 heteroatoms. The van der Waals surface area contributed by atoms with Gasteiger partial charge in [0.2, 0.25) is 0 Å². The predicted octanol–water partition coefficient (Wildman–Crippen LogP) is 0.456. The normalized spacial score (nSPS) is 10.2. The van der Waals surface area contributed by atoms with Gasteiger partial charge in [-0.15, -0.1) is 0 Å². The van der Waals surface area contributed by atoms with Crippen molar-refractivity contribution in [1.82, 2.24) is 0 Å². The molecule has 0 aromatic carbocycles. The van der Waals surface area contributed by atoms with E-state index < -0.39 is 16.4 Å². The molecule has 118 valence electrons. The van der Waals surface area contributed by atoms with Gasteiger partial charge in [-0.25, -0.2) is 0 Å². The summed E-state index contributed by atoms with van der Waals surface area (Å²) in [5, 5.41) is 8.41. The molecule has 6 nitrogen and oxygen atoms in total. The molecule has 0 aromatic rings. The molecule has 0 saturated heterocycles. The van der Waals surface area contributed by atoms with Gasteiger partial charge in [0.25, 0.3) is 0 Å². The number of aliphatic carboxylic acids is 1. The van der Waals surface area contributed by atoms with Crippen molar-refractivity contribution in [3.8, 4) is 0 Å². The Labute approximate surface area is 145 Å². The molecule has 0 unspecified atom stereocenters. The maximum atomic E-state index is 10.2. The fraction of sp³-hybridized carbons (Fsp3) is 0.917. The second kappa shape index (κ2) is 17.4. The van der Waals surface area contributed by atoms with Crippen LogP contribution in [0.4, 0.5) is 0 Å². The minimum atomic E-state index is -4.67. The van der Waals surface area contributed by atoms with Crippen LogP contribution in [0.25, 0.3) is 0 Å². The van der Waals surface area contributed by atoms with Gasteiger partial charge >= 0.3 is 45.9 Å². The maximum absolute atomic E-state index is 10.2. The molecule has 0 atom stereocenters. The number of hydrogen-bond acceptors (Lipinski definition) is 3. The van der Waals surface area contributed by atoms with Gasteiger partial charge < -0.3 is 6.53 Å². The molecule has 0 radical (unpaired) electrons. The van der Waals surface area contributed by atoms with E-state index in [2.05, 4.69) is 6.92 Å². The molecule has 0 aliphatic rings. The van der Waals surface area contributed by atoms with Crippen molar-refractivity contribution in [2.24, 2.45) is 0 Å². The first-order valence-electron chi connectivity index (χ1n) is 6.69. The van der Waals surface area contributed by atoms with E-state index >= 15 is 0 Å². The minimum Gasteiger partial charge on any atom is -1.00 e. The van der Waals surface area contributed by atoms with E-state index in [0.717, 1.165) is 12.8 Å². The average molecular weight is 322 g/mol. The monoisotopic (exact) mass is 322 g/mol. The quantitative estimate of drug-likeness (QED) is 0.306. The number of unbranched alkanes of at least 4 members (excludes halogenated alkanes) is 8. The molecule has 0 saturated carbocycles. The summed E-state index contributed by atoms with van der Waals surface area (Å²) in [5.41, 5.74) is 0. The Morgan fingerprint density at radius 1 is 0.900 bits per heavy atom. The largest absolute Gasteiger partial charge is 1.00 e. The zero-order valence-electron chi connectivity index (χ0n) is 13.5. The standard InChI is InChI=1S/C12H24O2.Na.H2O4S.H/c1-2-3-4-5-6-7-8-9-10-11-12(13)14;;1-5(2,3)4;/h2-11H2,1H3,(H,13,14);;(H2,1,2,3,4);/q;+1;;-1. The Bertz CT molecular complexity index is 303. The van der Waals surface area contributed by atoms with Gasteiger partial charge in [-0.2, -0.15) is 8.42 Å². The van der Waals surface area contributed by atoms with Gasteiger partial charge in [0.05, 0.1) is 0 Å². The molecule has 0 fully saturated rings. The van der Waals surface area contributed by atoms with Crippen molar-refractivity contribution in [3.05, 3.63) is 0 Å². The van der Waals surface area contributed by atoms with Crippen molar-refractivity contribution in [3.63, 3.8) is 0 Å². The SMILES string of the molecule is CCCCCCCCCCCC(=O)O.O=S(=O)(O)O.[H-].[Na+]. The Kier molecular flexibility index (Phi) is 22.0. The van der Waals surface area contributed by atoms with Crippen LogP contribution in [-0.2, 0) is 15.2 Å². The van der Waals surface area contributed by atoms with Crippen molar-refractivity contribution in [2.75, 3.05) is 0 Å². The smallest absolute Gasteiger partial charge is 1.00 e. The van der Waals surface area contributed by atoms with Gasteiger partial charge in [0.15, 0.2) is 0 Å². The third-order valence-electron chi connectivity index (χ3n) is 2.49. The first-order valence-corrected chi connectivity index (χ1v) is 8.08. The Morgan fingerprint density at radius 3 is 1.50 bits per heavy atom. The van der Waals surface area contributed by atoms with Gasteiger partial charge in [-0.05, 0) is 6.42 Å². The summed E-state index contributed by atoms with van der Waals surface area (Å²) in [7, 11) is -4.67. The van der Waals surface area contributed by atoms with E-state index in [4.69, 9.17) is 22.6 Å². The molecule has 0 heterocycles. The Hall–Kier alpha value is 0.340. The van der Waals surface area contributed by atoms with Crippen LogP contribution < -0.4 is 29.6 Å². The number of carbonyl (C=O) groups is 1. The molecule has 20 heavy (non-hydrogen) atoms. The van der Waals surface area contributed by atoms with E-state index in [1.54, 1.807) is 0 Å². The summed E-state index contributed by atoms with van der Waals surface area (Å²) in [6.45, 7) is 2.23. The molecule has 0 aromatic heterocycles. The number of rotatable bonds is 10. The van der Waals surface area contributed by atoms with Crippen LogP contribution in [0.5, 0.6) is 0 Å². The molecule has 0 spiro atoms. The summed E-state index contributed by atoms with van der Waals surface area (Å²) < 4.78 is 31.6. The summed E-state index contributed by atoms with van der Waals surface area (Å²) in [6, 6.07) is 0. The van der Waals surface area contributed by atoms with Gasteiger partial charge in [0, 0.05) is 6.42 Å². The van der Waals surface area contributed by atoms with Crippen molar-refractivity contribution in [2.45, 2.75) is 71.1 Å². The van der Waals surface area contributed by atoms with E-state index in [1.807, 2.05) is 0 Å². The Morgan fingerprint density at radius 2 is 1.20 bits per heavy atom. The van der Waals surface area contributed by atoms with Gasteiger partial charge in [-0.3, -0.25) is 13.9 Å². The van der Waals surface area contributed by atoms with Crippen LogP contribution >= 0.6 is 0 Å². The number of hydrogen-bond donors (Lipinski definition) is 3. The first kappa shape index (κ1) is 25.3. The summed E-state index contributed by atoms with van der Waals surface area (Å²) in [6.07, 6.45) is 11.5. The second-order valence-corrected chi connectivity index (χ2v) is 5.32. The number of carboxylic acid groups (broad SMARTS) is 1. The fourth-order valence-electron chi connectivity index (χ4n) is 1.59. The van der Waals surface area contributed by atoms with Crippen LogP contribution in [0, 0.1) is 0 Å². The molecular formula is C12H27NaO6S. The summed E-state index contributed by atoms with van der Waals surface area (Å²) in [4.78, 5) is 10.2. The van der Waals surface area contributed by atoms with E-state index in [0.29, 0.717) is 6.42 Å². The van der Waals surface area contributed by atoms with E-state index in [-0.39, 0.29) is 31.0 Å². The molecule has 3 N–H and O–H groups in total. The van der Waals surface area contributed by atoms with E-state index in [9.17, 15) is 4.79 Å². The van der Waals surface area contributed by atoms with Crippen molar-refractivity contribution >= 4 is 16.4 Å². The van der Waals surface area contributed by atoms with Gasteiger partial charge in [-0.1, -0.05) is 58.3 Å². The summed E-state index contributed by atoms with van der Waals surface area (Å²) >= 11 is 0. The van der Waals surface area contributed by atoms with Gasteiger partial charge in [0.1, 0.15) is 0 Å². The molecule has 0 bridgehead atoms. The third kappa shape index (κ3) is 42.9. The summed E-state index contributed by atoms with van der Waals surface area (Å²) in [5.74, 6) is -0.659. The third-order valence-corrected chi connectivity index (χ3v) is 2.49. The fourth-order valence-corrected chi connectivity index (χ4v) is 1.59. The molecule has 0 aliphatic heterocycles. The van der Waals surface area contributed by atoms with Crippen LogP contribution in [0.3, 0.4) is 0 Å². The predicted molar refractivity (Wildman–Crippen MR) is 74.8 cm³/mol. The molecule has 0 rings (SSSR count). The van der Waals surface area contributed by atoms with Crippen molar-refractivity contribution < 1.29 is 58.4 Å². The number of carboxylic acids is 1. The molecular weight excluding hydrogens is 295 g/mol. The average Bonchev–Trinajstić information content (AvgIpc) is 2.24. The molecule has 0 aliphatic carbocycles. The topological polar surface area (TPSA) is 112 Å². The Balaban J connectivity index is -0.000000179. The van der Waals surface area contributed by atoms with Crippen LogP contribution in [0.1, 0.15) is 72.6 Å². The zero-order chi connectivity index (χ0) is 15.1. The zero-order valence-corrected chi connectivity index (χ0v) is 15.4. The maximum Gasteiger partial charge on any atom is 1.00 e. The second-order valence-electron chi connectivity index (χ2n) is 4.42. The first-order chi connectivity index (χ1) is 8.77. The molecule has 0 amide bonds. The van der Waals surface area contributed by atoms with E-state index in [1.165, 1.54) is 44.9 Å². The van der Waals surface area contributed by atoms with Crippen molar-refractivity contribution in [1.29, 1.82) is 0 Å². The van der Waals surface area contributed by atoms with Crippen LogP contribution in [0.2, 0.25) is 0 Å². The van der Waals surface area contributed by atoms with Crippen LogP contribution in [0.15, 0.2) is 0 Å². The minimum absolute atomic E-state index is 0.